The monoisotopic (exact) mass is 197 g/mol. The second-order valence-electron chi connectivity index (χ2n) is 3.40. The third-order valence-corrected chi connectivity index (χ3v) is 2.98. The second-order valence-corrected chi connectivity index (χ2v) is 4.12. The highest BCUT2D eigenvalue weighted by Gasteiger charge is 2.12. The van der Waals surface area contributed by atoms with Crippen molar-refractivity contribution in [2.45, 2.75) is 25.4 Å². The van der Waals surface area contributed by atoms with Crippen molar-refractivity contribution in [3.05, 3.63) is 16.6 Å². The van der Waals surface area contributed by atoms with Crippen molar-refractivity contribution in [2.24, 2.45) is 0 Å². The zero-order chi connectivity index (χ0) is 8.93. The highest BCUT2D eigenvalue weighted by Crippen LogP contribution is 2.04. The fourth-order valence-corrected chi connectivity index (χ4v) is 2.19. The summed E-state index contributed by atoms with van der Waals surface area (Å²) in [4.78, 5) is 4.22. The maximum Gasteiger partial charge on any atom is 0.0795 e. The van der Waals surface area contributed by atoms with E-state index in [1.807, 2.05) is 5.51 Å². The number of hydrogen-bond donors (Lipinski definition) is 2. The minimum Gasteiger partial charge on any atom is -0.313 e. The van der Waals surface area contributed by atoms with Crippen molar-refractivity contribution in [3.63, 3.8) is 0 Å². The number of nitrogens with zero attached hydrogens (tertiary/aromatic N) is 1. The molecular weight excluding hydrogens is 182 g/mol. The highest BCUT2D eigenvalue weighted by atomic mass is 32.1. The largest absolute Gasteiger partial charge is 0.313 e. The van der Waals surface area contributed by atoms with Gasteiger partial charge in [-0.05, 0) is 19.4 Å². The molecule has 3 nitrogen and oxygen atoms in total. The molecule has 72 valence electrons. The summed E-state index contributed by atoms with van der Waals surface area (Å²) in [7, 11) is 0. The first-order chi connectivity index (χ1) is 6.45. The first-order valence-corrected chi connectivity index (χ1v) is 5.70. The minimum absolute atomic E-state index is 0.679. The molecule has 1 aromatic rings. The molecule has 0 saturated carbocycles. The van der Waals surface area contributed by atoms with Crippen LogP contribution in [0.25, 0.3) is 0 Å². The molecule has 0 bridgehead atoms. The maximum atomic E-state index is 4.22. The van der Waals surface area contributed by atoms with Crippen molar-refractivity contribution in [1.82, 2.24) is 15.6 Å². The fourth-order valence-electron chi connectivity index (χ4n) is 1.63. The number of hydrogen-bond acceptors (Lipinski definition) is 4. The maximum absolute atomic E-state index is 4.22. The lowest BCUT2D eigenvalue weighted by Gasteiger charge is -2.09. The molecule has 2 rings (SSSR count). The van der Waals surface area contributed by atoms with Crippen molar-refractivity contribution in [1.29, 1.82) is 0 Å². The molecule has 0 amide bonds. The molecule has 0 spiro atoms. The summed E-state index contributed by atoms with van der Waals surface area (Å²) in [5.41, 5.74) is 3.04. The topological polar surface area (TPSA) is 37.0 Å². The molecule has 1 aromatic heterocycles. The van der Waals surface area contributed by atoms with E-state index in [2.05, 4.69) is 21.0 Å². The van der Waals surface area contributed by atoms with Crippen molar-refractivity contribution in [3.8, 4) is 0 Å². The zero-order valence-corrected chi connectivity index (χ0v) is 8.44. The Morgan fingerprint density at radius 2 is 2.69 bits per heavy atom. The number of aromatic nitrogens is 1. The Morgan fingerprint density at radius 1 is 1.69 bits per heavy atom. The van der Waals surface area contributed by atoms with Crippen molar-refractivity contribution >= 4 is 11.3 Å². The summed E-state index contributed by atoms with van der Waals surface area (Å²) in [5.74, 6) is 0. The van der Waals surface area contributed by atoms with Crippen LogP contribution < -0.4 is 10.6 Å². The van der Waals surface area contributed by atoms with E-state index in [0.29, 0.717) is 6.04 Å². The molecule has 1 fully saturated rings. The predicted octanol–water partition coefficient (Wildman–Crippen LogP) is 0.985. The highest BCUT2D eigenvalue weighted by molar-refractivity contribution is 7.07. The third kappa shape index (κ3) is 2.76. The van der Waals surface area contributed by atoms with Gasteiger partial charge in [-0.1, -0.05) is 0 Å². The lowest BCUT2D eigenvalue weighted by Crippen LogP contribution is -2.33. The van der Waals surface area contributed by atoms with Crippen LogP contribution in [-0.2, 0) is 6.54 Å². The van der Waals surface area contributed by atoms with Crippen LogP contribution in [0.4, 0.5) is 0 Å². The smallest absolute Gasteiger partial charge is 0.0795 e. The molecule has 1 saturated heterocycles. The van der Waals surface area contributed by atoms with Crippen LogP contribution in [0.1, 0.15) is 18.5 Å². The Morgan fingerprint density at radius 3 is 3.38 bits per heavy atom. The molecule has 2 N–H and O–H groups in total. The van der Waals surface area contributed by atoms with Crippen LogP contribution in [0.5, 0.6) is 0 Å². The van der Waals surface area contributed by atoms with Gasteiger partial charge in [-0.2, -0.15) is 0 Å². The molecule has 1 aliphatic rings. The van der Waals surface area contributed by atoms with Crippen molar-refractivity contribution in [2.75, 3.05) is 13.1 Å². The summed E-state index contributed by atoms with van der Waals surface area (Å²) in [5, 5.41) is 8.96. The fraction of sp³-hybridized carbons (Fsp3) is 0.667. The lowest BCUT2D eigenvalue weighted by molar-refractivity contribution is 0.533. The summed E-state index contributed by atoms with van der Waals surface area (Å²) in [6.45, 7) is 3.16. The average molecular weight is 197 g/mol. The predicted molar refractivity (Wildman–Crippen MR) is 54.8 cm³/mol. The number of thiazole rings is 1. The van der Waals surface area contributed by atoms with Crippen LogP contribution in [0.3, 0.4) is 0 Å². The van der Waals surface area contributed by atoms with Gasteiger partial charge in [-0.15, -0.1) is 11.3 Å². The molecule has 0 radical (unpaired) electrons. The molecule has 0 aromatic carbocycles. The average Bonchev–Trinajstić information content (AvgIpc) is 2.75. The molecular formula is C9H15N3S. The normalized spacial score (nSPS) is 22.3. The van der Waals surface area contributed by atoms with Crippen LogP contribution in [-0.4, -0.2) is 24.1 Å². The Labute approximate surface area is 82.6 Å². The van der Waals surface area contributed by atoms with E-state index in [-0.39, 0.29) is 0 Å². The summed E-state index contributed by atoms with van der Waals surface area (Å²) in [6, 6.07) is 0.679. The minimum atomic E-state index is 0.679. The number of rotatable bonds is 4. The molecule has 4 heteroatoms. The Balaban J connectivity index is 1.63. The van der Waals surface area contributed by atoms with Crippen LogP contribution in [0, 0.1) is 0 Å². The van der Waals surface area contributed by atoms with Gasteiger partial charge in [-0.3, -0.25) is 0 Å². The van der Waals surface area contributed by atoms with E-state index in [1.165, 1.54) is 19.4 Å². The standard InChI is InChI=1S/C9H15N3S/c1-2-8(11-3-1)4-10-5-9-6-13-7-12-9/h6-8,10-11H,1-5H2. The van der Waals surface area contributed by atoms with Gasteiger partial charge in [0.05, 0.1) is 11.2 Å². The molecule has 1 atom stereocenters. The van der Waals surface area contributed by atoms with Gasteiger partial charge in [0.15, 0.2) is 0 Å². The van der Waals surface area contributed by atoms with E-state index in [1.54, 1.807) is 11.3 Å². The quantitative estimate of drug-likeness (QED) is 0.755. The third-order valence-electron chi connectivity index (χ3n) is 2.34. The van der Waals surface area contributed by atoms with Crippen LogP contribution >= 0.6 is 11.3 Å². The molecule has 13 heavy (non-hydrogen) atoms. The van der Waals surface area contributed by atoms with Crippen molar-refractivity contribution < 1.29 is 0 Å². The van der Waals surface area contributed by atoms with Gasteiger partial charge in [0.2, 0.25) is 0 Å². The van der Waals surface area contributed by atoms with Gasteiger partial charge in [-0.25, -0.2) is 4.98 Å². The van der Waals surface area contributed by atoms with Gasteiger partial charge in [0, 0.05) is 24.5 Å². The zero-order valence-electron chi connectivity index (χ0n) is 7.62. The Kier molecular flexibility index (Phi) is 3.29. The van der Waals surface area contributed by atoms with Crippen LogP contribution in [0.2, 0.25) is 0 Å². The summed E-state index contributed by atoms with van der Waals surface area (Å²) in [6.07, 6.45) is 2.63. The first kappa shape index (κ1) is 9.12. The summed E-state index contributed by atoms with van der Waals surface area (Å²) >= 11 is 1.66. The van der Waals surface area contributed by atoms with E-state index < -0.39 is 0 Å². The van der Waals surface area contributed by atoms with Gasteiger partial charge < -0.3 is 10.6 Å². The van der Waals surface area contributed by atoms with Gasteiger partial charge >= 0.3 is 0 Å². The van der Waals surface area contributed by atoms with E-state index in [9.17, 15) is 0 Å². The summed E-state index contributed by atoms with van der Waals surface area (Å²) < 4.78 is 0. The van der Waals surface area contributed by atoms with Gasteiger partial charge in [0.25, 0.3) is 0 Å². The number of nitrogens with one attached hydrogen (secondary N) is 2. The Bertz CT molecular complexity index is 229. The van der Waals surface area contributed by atoms with E-state index in [0.717, 1.165) is 18.8 Å². The molecule has 0 aliphatic carbocycles. The van der Waals surface area contributed by atoms with E-state index >= 15 is 0 Å². The second kappa shape index (κ2) is 4.69. The van der Waals surface area contributed by atoms with Crippen LogP contribution in [0.15, 0.2) is 10.9 Å². The van der Waals surface area contributed by atoms with Gasteiger partial charge in [0.1, 0.15) is 0 Å². The van der Waals surface area contributed by atoms with E-state index in [4.69, 9.17) is 0 Å². The SMILES string of the molecule is c1nc(CNCC2CCCN2)cs1. The first-order valence-electron chi connectivity index (χ1n) is 4.76. The molecule has 1 unspecified atom stereocenters. The molecule has 2 heterocycles. The lowest BCUT2D eigenvalue weighted by atomic mass is 10.2. The molecule has 1 aliphatic heterocycles. The Hall–Kier alpha value is -0.450.